The van der Waals surface area contributed by atoms with Crippen molar-refractivity contribution in [3.8, 4) is 0 Å². The monoisotopic (exact) mass is 255 g/mol. The van der Waals surface area contributed by atoms with Gasteiger partial charge in [-0.25, -0.2) is 4.39 Å². The van der Waals surface area contributed by atoms with Crippen molar-refractivity contribution in [1.82, 2.24) is 0 Å². The largest absolute Gasteiger partial charge is 0.464 e. The Hall–Kier alpha value is -2.29. The Balaban J connectivity index is 1.84. The van der Waals surface area contributed by atoms with E-state index in [1.54, 1.807) is 12.3 Å². The van der Waals surface area contributed by atoms with Crippen LogP contribution in [0.3, 0.4) is 0 Å². The molecule has 0 atom stereocenters. The van der Waals surface area contributed by atoms with Gasteiger partial charge in [-0.05, 0) is 30.7 Å². The molecule has 3 rings (SSSR count). The zero-order valence-corrected chi connectivity index (χ0v) is 10.6. The number of furan rings is 1. The van der Waals surface area contributed by atoms with E-state index in [1.165, 1.54) is 12.1 Å². The molecule has 0 bridgehead atoms. The normalized spacial score (nSPS) is 10.8. The van der Waals surface area contributed by atoms with Crippen molar-refractivity contribution >= 4 is 16.7 Å². The summed E-state index contributed by atoms with van der Waals surface area (Å²) in [6.07, 6.45) is 1.74. The lowest BCUT2D eigenvalue weighted by Gasteiger charge is -2.08. The van der Waals surface area contributed by atoms with Crippen LogP contribution in [0.4, 0.5) is 10.1 Å². The molecule has 1 heterocycles. The molecule has 19 heavy (non-hydrogen) atoms. The quantitative estimate of drug-likeness (QED) is 0.745. The first-order valence-corrected chi connectivity index (χ1v) is 6.19. The molecule has 2 nitrogen and oxygen atoms in total. The van der Waals surface area contributed by atoms with Crippen LogP contribution in [0.25, 0.3) is 11.0 Å². The first-order chi connectivity index (χ1) is 9.24. The number of aryl methyl sites for hydroxylation is 1. The van der Waals surface area contributed by atoms with E-state index in [0.29, 0.717) is 6.54 Å². The predicted molar refractivity (Wildman–Crippen MR) is 74.7 cm³/mol. The summed E-state index contributed by atoms with van der Waals surface area (Å²) in [5.41, 5.74) is 3.77. The fourth-order valence-corrected chi connectivity index (χ4v) is 2.14. The van der Waals surface area contributed by atoms with E-state index in [4.69, 9.17) is 4.42 Å². The standard InChI is InChI=1S/C16H14FNO/c1-11-6-7-13(17)8-15(11)18-9-12-10-19-16-5-3-2-4-14(12)16/h2-8,10,18H,9H2,1H3. The maximum atomic E-state index is 13.2. The molecular weight excluding hydrogens is 241 g/mol. The maximum absolute atomic E-state index is 13.2. The third-order valence-electron chi connectivity index (χ3n) is 3.23. The van der Waals surface area contributed by atoms with Crippen LogP contribution in [0.15, 0.2) is 53.1 Å². The Bertz CT molecular complexity index is 718. The van der Waals surface area contributed by atoms with Crippen molar-refractivity contribution in [2.24, 2.45) is 0 Å². The lowest BCUT2D eigenvalue weighted by atomic mass is 10.1. The summed E-state index contributed by atoms with van der Waals surface area (Å²) in [5, 5.41) is 4.34. The summed E-state index contributed by atoms with van der Waals surface area (Å²) >= 11 is 0. The van der Waals surface area contributed by atoms with Gasteiger partial charge in [0.25, 0.3) is 0 Å². The number of para-hydroxylation sites is 1. The summed E-state index contributed by atoms with van der Waals surface area (Å²) < 4.78 is 18.7. The molecule has 96 valence electrons. The summed E-state index contributed by atoms with van der Waals surface area (Å²) in [6, 6.07) is 12.6. The molecule has 0 aliphatic carbocycles. The van der Waals surface area contributed by atoms with E-state index in [0.717, 1.165) is 27.8 Å². The van der Waals surface area contributed by atoms with Crippen molar-refractivity contribution in [1.29, 1.82) is 0 Å². The first kappa shape index (κ1) is 11.8. The maximum Gasteiger partial charge on any atom is 0.134 e. The number of benzene rings is 2. The number of halogens is 1. The predicted octanol–water partition coefficient (Wildman–Crippen LogP) is 4.49. The Labute approximate surface area is 110 Å². The zero-order chi connectivity index (χ0) is 13.2. The molecule has 2 aromatic carbocycles. The highest BCUT2D eigenvalue weighted by molar-refractivity contribution is 5.81. The highest BCUT2D eigenvalue weighted by Gasteiger charge is 2.06. The number of fused-ring (bicyclic) bond motifs is 1. The highest BCUT2D eigenvalue weighted by Crippen LogP contribution is 2.23. The third kappa shape index (κ3) is 2.32. The van der Waals surface area contributed by atoms with Gasteiger partial charge in [-0.3, -0.25) is 0 Å². The molecule has 0 aliphatic heterocycles. The van der Waals surface area contributed by atoms with E-state index in [9.17, 15) is 4.39 Å². The fraction of sp³-hybridized carbons (Fsp3) is 0.125. The van der Waals surface area contributed by atoms with Crippen LogP contribution in [0.1, 0.15) is 11.1 Å². The molecule has 0 fully saturated rings. The van der Waals surface area contributed by atoms with Gasteiger partial charge in [-0.2, -0.15) is 0 Å². The van der Waals surface area contributed by atoms with Crippen molar-refractivity contribution in [3.05, 3.63) is 65.7 Å². The highest BCUT2D eigenvalue weighted by atomic mass is 19.1. The molecule has 0 unspecified atom stereocenters. The van der Waals surface area contributed by atoms with Crippen molar-refractivity contribution < 1.29 is 8.81 Å². The van der Waals surface area contributed by atoms with E-state index in [-0.39, 0.29) is 5.82 Å². The molecule has 1 aromatic heterocycles. The minimum atomic E-state index is -0.231. The molecule has 3 heteroatoms. The Morgan fingerprint density at radius 3 is 2.89 bits per heavy atom. The van der Waals surface area contributed by atoms with Crippen LogP contribution < -0.4 is 5.32 Å². The molecule has 0 saturated carbocycles. The Kier molecular flexibility index (Phi) is 2.95. The summed E-state index contributed by atoms with van der Waals surface area (Å²) in [5.74, 6) is -0.231. The Morgan fingerprint density at radius 2 is 2.00 bits per heavy atom. The summed E-state index contributed by atoms with van der Waals surface area (Å²) in [4.78, 5) is 0. The van der Waals surface area contributed by atoms with E-state index in [2.05, 4.69) is 5.32 Å². The minimum Gasteiger partial charge on any atom is -0.464 e. The van der Waals surface area contributed by atoms with E-state index in [1.807, 2.05) is 31.2 Å². The number of hydrogen-bond donors (Lipinski definition) is 1. The minimum absolute atomic E-state index is 0.231. The van der Waals surface area contributed by atoms with Gasteiger partial charge in [-0.15, -0.1) is 0 Å². The second-order valence-electron chi connectivity index (χ2n) is 4.57. The topological polar surface area (TPSA) is 25.2 Å². The lowest BCUT2D eigenvalue weighted by Crippen LogP contribution is -2.00. The van der Waals surface area contributed by atoms with Gasteiger partial charge >= 0.3 is 0 Å². The van der Waals surface area contributed by atoms with Gasteiger partial charge in [0.2, 0.25) is 0 Å². The number of anilines is 1. The zero-order valence-electron chi connectivity index (χ0n) is 10.6. The van der Waals surface area contributed by atoms with Crippen molar-refractivity contribution in [2.75, 3.05) is 5.32 Å². The van der Waals surface area contributed by atoms with Crippen molar-refractivity contribution in [3.63, 3.8) is 0 Å². The van der Waals surface area contributed by atoms with Crippen LogP contribution in [0, 0.1) is 12.7 Å². The van der Waals surface area contributed by atoms with Crippen LogP contribution in [0.5, 0.6) is 0 Å². The van der Waals surface area contributed by atoms with Gasteiger partial charge in [0.05, 0.1) is 6.26 Å². The molecular formula is C16H14FNO. The fourth-order valence-electron chi connectivity index (χ4n) is 2.14. The van der Waals surface area contributed by atoms with Crippen LogP contribution in [-0.4, -0.2) is 0 Å². The average molecular weight is 255 g/mol. The SMILES string of the molecule is Cc1ccc(F)cc1NCc1coc2ccccc12. The number of hydrogen-bond acceptors (Lipinski definition) is 2. The number of rotatable bonds is 3. The second-order valence-corrected chi connectivity index (χ2v) is 4.57. The molecule has 0 radical (unpaired) electrons. The van der Waals surface area contributed by atoms with Crippen LogP contribution >= 0.6 is 0 Å². The lowest BCUT2D eigenvalue weighted by molar-refractivity contribution is 0.611. The molecule has 0 amide bonds. The smallest absolute Gasteiger partial charge is 0.134 e. The summed E-state index contributed by atoms with van der Waals surface area (Å²) in [7, 11) is 0. The average Bonchev–Trinajstić information content (AvgIpc) is 2.83. The van der Waals surface area contributed by atoms with Crippen LogP contribution in [0.2, 0.25) is 0 Å². The van der Waals surface area contributed by atoms with E-state index < -0.39 is 0 Å². The van der Waals surface area contributed by atoms with Crippen LogP contribution in [-0.2, 0) is 6.54 Å². The molecule has 3 aromatic rings. The molecule has 1 N–H and O–H groups in total. The van der Waals surface area contributed by atoms with Gasteiger partial charge in [0, 0.05) is 23.2 Å². The summed E-state index contributed by atoms with van der Waals surface area (Å²) in [6.45, 7) is 2.57. The van der Waals surface area contributed by atoms with Gasteiger partial charge in [0.15, 0.2) is 0 Å². The molecule has 0 saturated heterocycles. The molecule has 0 aliphatic rings. The number of nitrogens with one attached hydrogen (secondary N) is 1. The van der Waals surface area contributed by atoms with Crippen molar-refractivity contribution in [2.45, 2.75) is 13.5 Å². The Morgan fingerprint density at radius 1 is 1.16 bits per heavy atom. The van der Waals surface area contributed by atoms with Gasteiger partial charge < -0.3 is 9.73 Å². The third-order valence-corrected chi connectivity index (χ3v) is 3.23. The second kappa shape index (κ2) is 4.76. The van der Waals surface area contributed by atoms with Gasteiger partial charge in [-0.1, -0.05) is 24.3 Å². The van der Waals surface area contributed by atoms with Gasteiger partial charge in [0.1, 0.15) is 11.4 Å². The van der Waals surface area contributed by atoms with E-state index >= 15 is 0 Å². The molecule has 0 spiro atoms. The first-order valence-electron chi connectivity index (χ1n) is 6.19.